The minimum absolute atomic E-state index is 0.0713. The summed E-state index contributed by atoms with van der Waals surface area (Å²) < 4.78 is 14.6. The Morgan fingerprint density at radius 3 is 2.60 bits per heavy atom. The van der Waals surface area contributed by atoms with E-state index in [-0.39, 0.29) is 24.7 Å². The van der Waals surface area contributed by atoms with Gasteiger partial charge in [0.25, 0.3) is 5.91 Å². The average molecular weight is 476 g/mol. The van der Waals surface area contributed by atoms with Gasteiger partial charge >= 0.3 is 6.03 Å². The molecule has 2 heterocycles. The lowest BCUT2D eigenvalue weighted by Gasteiger charge is -2.35. The van der Waals surface area contributed by atoms with Gasteiger partial charge in [-0.05, 0) is 30.3 Å². The Balaban J connectivity index is 1.34. The number of benzene rings is 2. The second kappa shape index (κ2) is 8.41. The van der Waals surface area contributed by atoms with Crippen LogP contribution in [0.5, 0.6) is 0 Å². The lowest BCUT2D eigenvalue weighted by atomic mass is 10.1. The number of carbonyl (C=O) groups is 2. The van der Waals surface area contributed by atoms with E-state index >= 15 is 0 Å². The van der Waals surface area contributed by atoms with Gasteiger partial charge in [-0.25, -0.2) is 9.18 Å². The molecule has 30 heavy (non-hydrogen) atoms. The van der Waals surface area contributed by atoms with E-state index in [1.165, 1.54) is 17.0 Å². The standard InChI is InChI=1S/C20H19BrFN5O3/c21-13-1-3-15(16(22)10-13)18(28)19(29)26-5-7-27(8-6-26)20(30)24-14-2-4-17-12(9-14)11-23-25-17/h1-4,9-11,18,28H,5-8H2,(H,23,25)(H,24,30). The van der Waals surface area contributed by atoms with Crippen molar-refractivity contribution in [2.75, 3.05) is 31.5 Å². The lowest BCUT2D eigenvalue weighted by Crippen LogP contribution is -2.52. The summed E-state index contributed by atoms with van der Waals surface area (Å²) in [4.78, 5) is 28.1. The molecule has 4 rings (SSSR count). The highest BCUT2D eigenvalue weighted by Crippen LogP contribution is 2.23. The van der Waals surface area contributed by atoms with Crippen molar-refractivity contribution in [3.8, 4) is 0 Å². The smallest absolute Gasteiger partial charge is 0.321 e. The Morgan fingerprint density at radius 2 is 1.87 bits per heavy atom. The Labute approximate surface area is 179 Å². The van der Waals surface area contributed by atoms with Crippen molar-refractivity contribution in [3.05, 3.63) is 58.4 Å². The summed E-state index contributed by atoms with van der Waals surface area (Å²) >= 11 is 3.15. The predicted molar refractivity (Wildman–Crippen MR) is 112 cm³/mol. The maximum absolute atomic E-state index is 14.1. The molecule has 1 atom stereocenters. The quantitative estimate of drug-likeness (QED) is 0.541. The Morgan fingerprint density at radius 1 is 1.13 bits per heavy atom. The molecule has 3 amide bonds. The van der Waals surface area contributed by atoms with Gasteiger partial charge in [-0.2, -0.15) is 5.10 Å². The van der Waals surface area contributed by atoms with Gasteiger partial charge in [0.15, 0.2) is 6.10 Å². The van der Waals surface area contributed by atoms with Crippen LogP contribution in [0, 0.1) is 5.82 Å². The van der Waals surface area contributed by atoms with E-state index in [2.05, 4.69) is 31.4 Å². The Hall–Kier alpha value is -2.98. The molecule has 0 bridgehead atoms. The number of aliphatic hydroxyl groups is 1. The summed E-state index contributed by atoms with van der Waals surface area (Å²) in [6.07, 6.45) is 0.0924. The van der Waals surface area contributed by atoms with E-state index in [1.54, 1.807) is 23.2 Å². The summed E-state index contributed by atoms with van der Waals surface area (Å²) in [6.45, 7) is 1.12. The average Bonchev–Trinajstić information content (AvgIpc) is 3.21. The van der Waals surface area contributed by atoms with Crippen LogP contribution < -0.4 is 5.32 Å². The summed E-state index contributed by atoms with van der Waals surface area (Å²) in [5.74, 6) is -1.24. The van der Waals surface area contributed by atoms with Crippen LogP contribution in [0.15, 0.2) is 47.1 Å². The van der Waals surface area contributed by atoms with Gasteiger partial charge in [0, 0.05) is 47.3 Å². The van der Waals surface area contributed by atoms with Crippen LogP contribution in [0.1, 0.15) is 11.7 Å². The highest BCUT2D eigenvalue weighted by atomic mass is 79.9. The van der Waals surface area contributed by atoms with Gasteiger partial charge in [0.1, 0.15) is 5.82 Å². The van der Waals surface area contributed by atoms with E-state index in [0.717, 1.165) is 10.9 Å². The van der Waals surface area contributed by atoms with Crippen LogP contribution >= 0.6 is 15.9 Å². The number of H-pyrrole nitrogens is 1. The predicted octanol–water partition coefficient (Wildman–Crippen LogP) is 2.87. The van der Waals surface area contributed by atoms with Crippen molar-refractivity contribution in [3.63, 3.8) is 0 Å². The number of urea groups is 1. The summed E-state index contributed by atoms with van der Waals surface area (Å²) in [5.41, 5.74) is 1.45. The number of aromatic amines is 1. The van der Waals surface area contributed by atoms with Gasteiger partial charge in [-0.3, -0.25) is 9.89 Å². The zero-order valence-corrected chi connectivity index (χ0v) is 17.4. The van der Waals surface area contributed by atoms with Crippen LogP contribution in [-0.4, -0.2) is 63.2 Å². The first-order valence-electron chi connectivity index (χ1n) is 9.33. The van der Waals surface area contributed by atoms with Crippen LogP contribution in [-0.2, 0) is 4.79 Å². The number of aliphatic hydroxyl groups excluding tert-OH is 1. The van der Waals surface area contributed by atoms with E-state index in [4.69, 9.17) is 0 Å². The molecule has 8 nitrogen and oxygen atoms in total. The number of amides is 3. The third-order valence-corrected chi connectivity index (χ3v) is 5.55. The summed E-state index contributed by atoms with van der Waals surface area (Å²) in [5, 5.41) is 20.8. The van der Waals surface area contributed by atoms with E-state index in [9.17, 15) is 19.1 Å². The zero-order valence-electron chi connectivity index (χ0n) is 15.8. The van der Waals surface area contributed by atoms with E-state index in [0.29, 0.717) is 23.2 Å². The molecule has 0 radical (unpaired) electrons. The van der Waals surface area contributed by atoms with Gasteiger partial charge in [0.2, 0.25) is 0 Å². The number of nitrogens with zero attached hydrogens (tertiary/aromatic N) is 3. The fourth-order valence-corrected chi connectivity index (χ4v) is 3.72. The monoisotopic (exact) mass is 475 g/mol. The molecular weight excluding hydrogens is 457 g/mol. The Bertz CT molecular complexity index is 1100. The normalized spacial score (nSPS) is 15.3. The minimum Gasteiger partial charge on any atom is -0.378 e. The zero-order chi connectivity index (χ0) is 21.3. The number of hydrogen-bond acceptors (Lipinski definition) is 4. The molecule has 10 heteroatoms. The van der Waals surface area contributed by atoms with Crippen LogP contribution in [0.2, 0.25) is 0 Å². The molecule has 0 spiro atoms. The molecule has 2 aromatic carbocycles. The molecule has 1 fully saturated rings. The molecule has 1 unspecified atom stereocenters. The number of fused-ring (bicyclic) bond motifs is 1. The summed E-state index contributed by atoms with van der Waals surface area (Å²) in [7, 11) is 0. The number of anilines is 1. The van der Waals surface area contributed by atoms with E-state index in [1.807, 2.05) is 12.1 Å². The van der Waals surface area contributed by atoms with Crippen LogP contribution in [0.3, 0.4) is 0 Å². The van der Waals surface area contributed by atoms with Crippen LogP contribution in [0.25, 0.3) is 10.9 Å². The second-order valence-corrected chi connectivity index (χ2v) is 7.90. The third kappa shape index (κ3) is 4.14. The minimum atomic E-state index is -1.58. The van der Waals surface area contributed by atoms with Crippen LogP contribution in [0.4, 0.5) is 14.9 Å². The Kier molecular flexibility index (Phi) is 5.69. The second-order valence-electron chi connectivity index (χ2n) is 6.98. The molecule has 0 aliphatic carbocycles. The van der Waals surface area contributed by atoms with Crippen molar-refractivity contribution in [2.24, 2.45) is 0 Å². The highest BCUT2D eigenvalue weighted by molar-refractivity contribution is 9.10. The first kappa shape index (κ1) is 20.3. The molecule has 3 N–H and O–H groups in total. The number of aromatic nitrogens is 2. The lowest BCUT2D eigenvalue weighted by molar-refractivity contribution is -0.142. The maximum atomic E-state index is 14.1. The molecule has 1 aromatic heterocycles. The number of piperazine rings is 1. The van der Waals surface area contributed by atoms with Crippen molar-refractivity contribution < 1.29 is 19.1 Å². The molecule has 1 aliphatic rings. The van der Waals surface area contributed by atoms with Gasteiger partial charge in [-0.1, -0.05) is 22.0 Å². The number of hydrogen-bond donors (Lipinski definition) is 3. The molecule has 1 saturated heterocycles. The van der Waals surface area contributed by atoms with Gasteiger partial charge < -0.3 is 20.2 Å². The molecular formula is C20H19BrFN5O3. The number of halogens is 2. The van der Waals surface area contributed by atoms with Crippen molar-refractivity contribution in [2.45, 2.75) is 6.10 Å². The van der Waals surface area contributed by atoms with E-state index < -0.39 is 17.8 Å². The van der Waals surface area contributed by atoms with Gasteiger partial charge in [0.05, 0.1) is 11.7 Å². The number of nitrogens with one attached hydrogen (secondary N) is 2. The fraction of sp³-hybridized carbons (Fsp3) is 0.250. The third-order valence-electron chi connectivity index (χ3n) is 5.06. The van der Waals surface area contributed by atoms with Crippen molar-refractivity contribution in [1.82, 2.24) is 20.0 Å². The number of rotatable bonds is 3. The summed E-state index contributed by atoms with van der Waals surface area (Å²) in [6, 6.07) is 9.30. The van der Waals surface area contributed by atoms with Crippen molar-refractivity contribution in [1.29, 1.82) is 0 Å². The highest BCUT2D eigenvalue weighted by Gasteiger charge is 2.30. The van der Waals surface area contributed by atoms with Gasteiger partial charge in [-0.15, -0.1) is 0 Å². The maximum Gasteiger partial charge on any atom is 0.321 e. The molecule has 156 valence electrons. The fourth-order valence-electron chi connectivity index (χ4n) is 3.38. The first-order valence-corrected chi connectivity index (χ1v) is 10.1. The van der Waals surface area contributed by atoms with Crippen molar-refractivity contribution >= 4 is 44.5 Å². The molecule has 1 aliphatic heterocycles. The largest absolute Gasteiger partial charge is 0.378 e. The SMILES string of the molecule is O=C(Nc1ccc2[nH]ncc2c1)N1CCN(C(=O)C(O)c2ccc(Br)cc2F)CC1. The number of carbonyl (C=O) groups excluding carboxylic acids is 2. The molecule has 3 aromatic rings. The molecule has 0 saturated carbocycles. The topological polar surface area (TPSA) is 102 Å². The first-order chi connectivity index (χ1) is 14.4.